The molecule has 5 heteroatoms. The van der Waals surface area contributed by atoms with Gasteiger partial charge in [-0.25, -0.2) is 4.39 Å². The average Bonchev–Trinajstić information content (AvgIpc) is 2.84. The summed E-state index contributed by atoms with van der Waals surface area (Å²) in [5.74, 6) is -0.997. The van der Waals surface area contributed by atoms with Crippen LogP contribution in [0.1, 0.15) is 33.1 Å². The van der Waals surface area contributed by atoms with Gasteiger partial charge < -0.3 is 10.2 Å². The van der Waals surface area contributed by atoms with Crippen molar-refractivity contribution in [1.82, 2.24) is 4.90 Å². The fraction of sp³-hybridized carbons (Fsp3) is 0.130. The van der Waals surface area contributed by atoms with E-state index in [2.05, 4.69) is 5.32 Å². The number of anilines is 1. The van der Waals surface area contributed by atoms with E-state index in [9.17, 15) is 14.0 Å². The number of rotatable bonds is 2. The van der Waals surface area contributed by atoms with Gasteiger partial charge in [-0.05, 0) is 42.8 Å². The van der Waals surface area contributed by atoms with Crippen molar-refractivity contribution < 1.29 is 14.0 Å². The van der Waals surface area contributed by atoms with E-state index in [0.717, 1.165) is 16.7 Å². The molecule has 0 saturated heterocycles. The smallest absolute Gasteiger partial charge is 0.255 e. The molecule has 4 nitrogen and oxygen atoms in total. The molecule has 0 fully saturated rings. The first-order valence-electron chi connectivity index (χ1n) is 9.05. The van der Waals surface area contributed by atoms with Gasteiger partial charge in [-0.1, -0.05) is 48.0 Å². The van der Waals surface area contributed by atoms with Gasteiger partial charge >= 0.3 is 0 Å². The van der Waals surface area contributed by atoms with Crippen LogP contribution in [-0.2, 0) is 4.79 Å². The van der Waals surface area contributed by atoms with E-state index in [-0.39, 0.29) is 18.4 Å². The number of fused-ring (bicyclic) bond motifs is 1. The standard InChI is InChI=1S/C23H19FN2O2/c1-15-7-12-20-19(13-15)22(16-5-3-2-4-6-16)26(14-21(27)25-20)23(28)17-8-10-18(24)11-9-17/h2-13,22H,14H2,1H3,(H,25,27)/t22-/m1/s1. The summed E-state index contributed by atoms with van der Waals surface area (Å²) in [5.41, 5.74) is 3.82. The van der Waals surface area contributed by atoms with Crippen LogP contribution >= 0.6 is 0 Å². The lowest BCUT2D eigenvalue weighted by Gasteiger charge is -2.31. The molecule has 1 N–H and O–H groups in total. The zero-order valence-corrected chi connectivity index (χ0v) is 15.4. The minimum absolute atomic E-state index is 0.0938. The number of carbonyl (C=O) groups excluding carboxylic acids is 2. The first-order valence-corrected chi connectivity index (χ1v) is 9.05. The number of amides is 2. The Morgan fingerprint density at radius 3 is 2.46 bits per heavy atom. The summed E-state index contributed by atoms with van der Waals surface area (Å²) in [4.78, 5) is 27.4. The van der Waals surface area contributed by atoms with E-state index in [1.807, 2.05) is 55.5 Å². The molecule has 1 heterocycles. The van der Waals surface area contributed by atoms with Crippen molar-refractivity contribution in [2.75, 3.05) is 11.9 Å². The average molecular weight is 374 g/mol. The lowest BCUT2D eigenvalue weighted by Crippen LogP contribution is -2.39. The van der Waals surface area contributed by atoms with Gasteiger partial charge in [0.2, 0.25) is 5.91 Å². The van der Waals surface area contributed by atoms with Crippen LogP contribution < -0.4 is 5.32 Å². The Morgan fingerprint density at radius 2 is 1.75 bits per heavy atom. The second kappa shape index (κ2) is 7.27. The molecule has 3 aromatic carbocycles. The maximum Gasteiger partial charge on any atom is 0.255 e. The lowest BCUT2D eigenvalue weighted by molar-refractivity contribution is -0.117. The Hall–Kier alpha value is -3.47. The Balaban J connectivity index is 1.88. The minimum atomic E-state index is -0.437. The number of hydrogen-bond donors (Lipinski definition) is 1. The summed E-state index contributed by atoms with van der Waals surface area (Å²) in [6, 6.07) is 20.3. The maximum atomic E-state index is 13.3. The summed E-state index contributed by atoms with van der Waals surface area (Å²) in [7, 11) is 0. The van der Waals surface area contributed by atoms with Crippen LogP contribution in [0.25, 0.3) is 0 Å². The second-order valence-electron chi connectivity index (χ2n) is 6.89. The molecule has 2 amide bonds. The van der Waals surface area contributed by atoms with E-state index in [4.69, 9.17) is 0 Å². The van der Waals surface area contributed by atoms with E-state index in [1.165, 1.54) is 24.3 Å². The van der Waals surface area contributed by atoms with Crippen LogP contribution in [0.3, 0.4) is 0 Å². The van der Waals surface area contributed by atoms with Gasteiger partial charge in [0.1, 0.15) is 12.4 Å². The molecule has 0 aromatic heterocycles. The molecule has 28 heavy (non-hydrogen) atoms. The Labute approximate surface area is 162 Å². The third-order valence-corrected chi connectivity index (χ3v) is 4.87. The van der Waals surface area contributed by atoms with Gasteiger partial charge in [-0.15, -0.1) is 0 Å². The van der Waals surface area contributed by atoms with Crippen molar-refractivity contribution >= 4 is 17.5 Å². The molecule has 1 atom stereocenters. The summed E-state index contributed by atoms with van der Waals surface area (Å²) in [5, 5.41) is 2.90. The summed E-state index contributed by atoms with van der Waals surface area (Å²) in [6.07, 6.45) is 0. The van der Waals surface area contributed by atoms with Crippen molar-refractivity contribution in [3.8, 4) is 0 Å². The Morgan fingerprint density at radius 1 is 1.04 bits per heavy atom. The number of hydrogen-bond acceptors (Lipinski definition) is 2. The van der Waals surface area contributed by atoms with Gasteiger partial charge in [-0.3, -0.25) is 9.59 Å². The number of aryl methyl sites for hydroxylation is 1. The SMILES string of the molecule is Cc1ccc2c(c1)[C@@H](c1ccccc1)N(C(=O)c1ccc(F)cc1)CC(=O)N2. The van der Waals surface area contributed by atoms with Gasteiger partial charge in [0.05, 0.1) is 6.04 Å². The molecule has 1 aliphatic heterocycles. The third kappa shape index (κ3) is 3.39. The molecule has 3 aromatic rings. The zero-order valence-electron chi connectivity index (χ0n) is 15.4. The quantitative estimate of drug-likeness (QED) is 0.726. The molecule has 0 saturated carbocycles. The van der Waals surface area contributed by atoms with E-state index in [0.29, 0.717) is 11.3 Å². The maximum absolute atomic E-state index is 13.3. The highest BCUT2D eigenvalue weighted by Gasteiger charge is 2.33. The number of nitrogens with zero attached hydrogens (tertiary/aromatic N) is 1. The molecule has 0 bridgehead atoms. The van der Waals surface area contributed by atoms with Gasteiger partial charge in [0.15, 0.2) is 0 Å². The second-order valence-corrected chi connectivity index (χ2v) is 6.89. The lowest BCUT2D eigenvalue weighted by atomic mass is 9.94. The third-order valence-electron chi connectivity index (χ3n) is 4.87. The highest BCUT2D eigenvalue weighted by molar-refractivity contribution is 6.01. The molecule has 1 aliphatic rings. The fourth-order valence-corrected chi connectivity index (χ4v) is 3.57. The highest BCUT2D eigenvalue weighted by Crippen LogP contribution is 2.37. The van der Waals surface area contributed by atoms with Crippen LogP contribution in [0, 0.1) is 12.7 Å². The Bertz CT molecular complexity index is 1030. The fourth-order valence-electron chi connectivity index (χ4n) is 3.57. The van der Waals surface area contributed by atoms with Crippen LogP contribution in [0.15, 0.2) is 72.8 Å². The van der Waals surface area contributed by atoms with Crippen molar-refractivity contribution in [3.63, 3.8) is 0 Å². The number of nitrogens with one attached hydrogen (secondary N) is 1. The zero-order chi connectivity index (χ0) is 19.7. The monoisotopic (exact) mass is 374 g/mol. The number of benzene rings is 3. The largest absolute Gasteiger partial charge is 0.324 e. The molecule has 0 spiro atoms. The van der Waals surface area contributed by atoms with Gasteiger partial charge in [0, 0.05) is 16.8 Å². The molecule has 0 radical (unpaired) electrons. The molecular weight excluding hydrogens is 355 g/mol. The molecule has 4 rings (SSSR count). The van der Waals surface area contributed by atoms with E-state index >= 15 is 0 Å². The first kappa shape index (κ1) is 17.9. The van der Waals surface area contributed by atoms with Crippen molar-refractivity contribution in [2.45, 2.75) is 13.0 Å². The molecule has 0 aliphatic carbocycles. The van der Waals surface area contributed by atoms with Gasteiger partial charge in [-0.2, -0.15) is 0 Å². The topological polar surface area (TPSA) is 49.4 Å². The highest BCUT2D eigenvalue weighted by atomic mass is 19.1. The van der Waals surface area contributed by atoms with E-state index in [1.54, 1.807) is 4.90 Å². The number of halogens is 1. The Kier molecular flexibility index (Phi) is 4.65. The van der Waals surface area contributed by atoms with Crippen LogP contribution in [0.5, 0.6) is 0 Å². The summed E-state index contributed by atoms with van der Waals surface area (Å²) < 4.78 is 13.3. The predicted molar refractivity (Wildman–Crippen MR) is 106 cm³/mol. The first-order chi connectivity index (χ1) is 13.5. The van der Waals surface area contributed by atoms with Crippen LogP contribution in [0.2, 0.25) is 0 Å². The molecule has 140 valence electrons. The molecular formula is C23H19FN2O2. The number of carbonyl (C=O) groups is 2. The predicted octanol–water partition coefficient (Wildman–Crippen LogP) is 4.32. The van der Waals surface area contributed by atoms with Crippen molar-refractivity contribution in [2.24, 2.45) is 0 Å². The van der Waals surface area contributed by atoms with Crippen molar-refractivity contribution in [3.05, 3.63) is 101 Å². The minimum Gasteiger partial charge on any atom is -0.324 e. The van der Waals surface area contributed by atoms with Gasteiger partial charge in [0.25, 0.3) is 5.91 Å². The summed E-state index contributed by atoms with van der Waals surface area (Å²) in [6.45, 7) is 1.88. The van der Waals surface area contributed by atoms with Crippen LogP contribution in [0.4, 0.5) is 10.1 Å². The normalized spacial score (nSPS) is 16.1. The van der Waals surface area contributed by atoms with E-state index < -0.39 is 11.9 Å². The van der Waals surface area contributed by atoms with Crippen molar-refractivity contribution in [1.29, 1.82) is 0 Å². The summed E-state index contributed by atoms with van der Waals surface area (Å²) >= 11 is 0. The van der Waals surface area contributed by atoms with Crippen LogP contribution in [-0.4, -0.2) is 23.3 Å². The molecule has 0 unspecified atom stereocenters.